The lowest BCUT2D eigenvalue weighted by atomic mass is 10.1. The van der Waals surface area contributed by atoms with Gasteiger partial charge in [0, 0.05) is 58.3 Å². The molecule has 7 heteroatoms. The predicted octanol–water partition coefficient (Wildman–Crippen LogP) is 0.179. The molecule has 138 valence electrons. The van der Waals surface area contributed by atoms with E-state index in [1.807, 2.05) is 0 Å². The maximum absolute atomic E-state index is 12.3. The van der Waals surface area contributed by atoms with Gasteiger partial charge >= 0.3 is 0 Å². The summed E-state index contributed by atoms with van der Waals surface area (Å²) in [6.45, 7) is 6.40. The summed E-state index contributed by atoms with van der Waals surface area (Å²) >= 11 is 0. The van der Waals surface area contributed by atoms with Gasteiger partial charge in [0.05, 0.1) is 11.1 Å². The summed E-state index contributed by atoms with van der Waals surface area (Å²) in [4.78, 5) is 42.8. The minimum atomic E-state index is -0.258. The lowest BCUT2D eigenvalue weighted by Crippen LogP contribution is -2.63. The molecule has 1 N–H and O–H groups in total. The second kappa shape index (κ2) is 7.17. The maximum atomic E-state index is 12.3. The van der Waals surface area contributed by atoms with Gasteiger partial charge in [0.15, 0.2) is 0 Å². The number of fused-ring (bicyclic) bond motifs is 4. The molecule has 26 heavy (non-hydrogen) atoms. The van der Waals surface area contributed by atoms with Crippen LogP contribution in [0, 0.1) is 0 Å². The zero-order valence-electron chi connectivity index (χ0n) is 14.8. The molecule has 7 nitrogen and oxygen atoms in total. The van der Waals surface area contributed by atoms with Gasteiger partial charge in [0.25, 0.3) is 11.8 Å². The van der Waals surface area contributed by atoms with E-state index < -0.39 is 0 Å². The summed E-state index contributed by atoms with van der Waals surface area (Å²) in [6.07, 6.45) is 0.807. The third kappa shape index (κ3) is 3.24. The molecule has 0 spiro atoms. The fourth-order valence-electron chi connectivity index (χ4n) is 4.08. The molecule has 5 rings (SSSR count). The molecule has 0 saturated carbocycles. The minimum Gasteiger partial charge on any atom is -0.354 e. The number of nitrogens with zero attached hydrogens (tertiary/aromatic N) is 3. The normalized spacial score (nSPS) is 26.9. The molecule has 0 aromatic heterocycles. The minimum absolute atomic E-state index is 0.0146. The molecule has 2 bridgehead atoms. The topological polar surface area (TPSA) is 73.0 Å². The Morgan fingerprint density at radius 2 is 1.69 bits per heavy atom. The van der Waals surface area contributed by atoms with Crippen molar-refractivity contribution in [1.82, 2.24) is 20.0 Å². The summed E-state index contributed by atoms with van der Waals surface area (Å²) in [5, 5.41) is 3.01. The molecule has 1 unspecified atom stereocenters. The molecule has 0 aliphatic carbocycles. The monoisotopic (exact) mass is 356 g/mol. The first-order valence-corrected chi connectivity index (χ1v) is 9.32. The number of piperazine rings is 3. The number of carbonyl (C=O) groups excluding carboxylic acids is 3. The van der Waals surface area contributed by atoms with Crippen molar-refractivity contribution in [2.75, 3.05) is 45.8 Å². The van der Waals surface area contributed by atoms with Crippen molar-refractivity contribution in [2.45, 2.75) is 18.9 Å². The number of hydrogen-bond donors (Lipinski definition) is 1. The Kier molecular flexibility index (Phi) is 4.74. The molecule has 4 heterocycles. The highest BCUT2D eigenvalue weighted by atomic mass is 16.2. The fourth-order valence-corrected chi connectivity index (χ4v) is 4.08. The molecule has 1 aromatic carbocycles. The third-order valence-electron chi connectivity index (χ3n) is 5.59. The number of hydrogen-bond acceptors (Lipinski definition) is 5. The van der Waals surface area contributed by atoms with E-state index in [1.165, 1.54) is 4.90 Å². The van der Waals surface area contributed by atoms with Crippen molar-refractivity contribution in [2.24, 2.45) is 0 Å². The van der Waals surface area contributed by atoms with Crippen molar-refractivity contribution < 1.29 is 14.4 Å². The van der Waals surface area contributed by atoms with Crippen LogP contribution in [0.5, 0.6) is 0 Å². The molecule has 1 atom stereocenters. The first-order valence-electron chi connectivity index (χ1n) is 9.32. The van der Waals surface area contributed by atoms with Crippen LogP contribution in [0.3, 0.4) is 0 Å². The second-order valence-electron chi connectivity index (χ2n) is 7.21. The number of rotatable bonds is 6. The van der Waals surface area contributed by atoms with E-state index in [9.17, 15) is 14.4 Å². The van der Waals surface area contributed by atoms with E-state index in [0.717, 1.165) is 32.7 Å². The Balaban J connectivity index is 1.21. The van der Waals surface area contributed by atoms with E-state index in [4.69, 9.17) is 0 Å². The molecule has 1 aromatic rings. The highest BCUT2D eigenvalue weighted by Gasteiger charge is 2.35. The van der Waals surface area contributed by atoms with E-state index >= 15 is 0 Å². The molecule has 3 fully saturated rings. The Labute approximate surface area is 152 Å². The lowest BCUT2D eigenvalue weighted by molar-refractivity contribution is -0.121. The quantitative estimate of drug-likeness (QED) is 0.736. The first-order chi connectivity index (χ1) is 12.6. The van der Waals surface area contributed by atoms with Crippen LogP contribution in [-0.2, 0) is 4.79 Å². The van der Waals surface area contributed by atoms with Gasteiger partial charge < -0.3 is 5.32 Å². The Morgan fingerprint density at radius 1 is 1.04 bits per heavy atom. The molecule has 0 radical (unpaired) electrons. The molecular weight excluding hydrogens is 332 g/mol. The zero-order chi connectivity index (χ0) is 18.1. The Bertz CT molecular complexity index is 692. The van der Waals surface area contributed by atoms with Gasteiger partial charge in [0.2, 0.25) is 5.91 Å². The van der Waals surface area contributed by atoms with Crippen molar-refractivity contribution in [3.63, 3.8) is 0 Å². The van der Waals surface area contributed by atoms with Crippen LogP contribution in [0.2, 0.25) is 0 Å². The van der Waals surface area contributed by atoms with Crippen molar-refractivity contribution in [1.29, 1.82) is 0 Å². The summed E-state index contributed by atoms with van der Waals surface area (Å²) in [7, 11) is 0. The van der Waals surface area contributed by atoms with Gasteiger partial charge in [-0.25, -0.2) is 0 Å². The second-order valence-corrected chi connectivity index (χ2v) is 7.21. The summed E-state index contributed by atoms with van der Waals surface area (Å²) < 4.78 is 0. The summed E-state index contributed by atoms with van der Waals surface area (Å²) in [6, 6.07) is 7.26. The largest absolute Gasteiger partial charge is 0.354 e. The highest BCUT2D eigenvalue weighted by Crippen LogP contribution is 2.22. The van der Waals surface area contributed by atoms with E-state index in [-0.39, 0.29) is 24.3 Å². The first kappa shape index (κ1) is 17.2. The SMILES string of the molecule is O=C(CCCN1C(=O)c2ccccc2C1=O)NCC1CN2CCN1CC2. The Hall–Kier alpha value is -2.25. The van der Waals surface area contributed by atoms with Crippen LogP contribution in [0.15, 0.2) is 24.3 Å². The van der Waals surface area contributed by atoms with Crippen LogP contribution >= 0.6 is 0 Å². The van der Waals surface area contributed by atoms with Crippen molar-refractivity contribution in [3.05, 3.63) is 35.4 Å². The van der Waals surface area contributed by atoms with E-state index in [0.29, 0.717) is 36.6 Å². The van der Waals surface area contributed by atoms with Gasteiger partial charge in [0.1, 0.15) is 0 Å². The number of amides is 3. The van der Waals surface area contributed by atoms with Crippen LogP contribution in [-0.4, -0.2) is 84.3 Å². The Morgan fingerprint density at radius 3 is 2.27 bits per heavy atom. The highest BCUT2D eigenvalue weighted by molar-refractivity contribution is 6.21. The van der Waals surface area contributed by atoms with Gasteiger partial charge in [-0.2, -0.15) is 0 Å². The van der Waals surface area contributed by atoms with E-state index in [2.05, 4.69) is 15.1 Å². The average molecular weight is 356 g/mol. The number of carbonyl (C=O) groups is 3. The zero-order valence-corrected chi connectivity index (χ0v) is 14.8. The maximum Gasteiger partial charge on any atom is 0.261 e. The van der Waals surface area contributed by atoms with Crippen molar-refractivity contribution >= 4 is 17.7 Å². The van der Waals surface area contributed by atoms with Crippen LogP contribution in [0.4, 0.5) is 0 Å². The predicted molar refractivity (Wildman–Crippen MR) is 95.9 cm³/mol. The van der Waals surface area contributed by atoms with Gasteiger partial charge in [-0.3, -0.25) is 29.1 Å². The van der Waals surface area contributed by atoms with Crippen molar-refractivity contribution in [3.8, 4) is 0 Å². The lowest BCUT2D eigenvalue weighted by Gasteiger charge is -2.47. The fraction of sp³-hybridized carbons (Fsp3) is 0.526. The van der Waals surface area contributed by atoms with Crippen LogP contribution in [0.25, 0.3) is 0 Å². The number of nitrogens with one attached hydrogen (secondary N) is 1. The van der Waals surface area contributed by atoms with Gasteiger partial charge in [-0.15, -0.1) is 0 Å². The average Bonchev–Trinajstić information content (AvgIpc) is 2.92. The van der Waals surface area contributed by atoms with Gasteiger partial charge in [-0.1, -0.05) is 12.1 Å². The number of imide groups is 1. The standard InChI is InChI=1S/C19H24N4O3/c24-17(20-12-14-13-21-8-10-22(14)11-9-21)6-3-7-23-18(25)15-4-1-2-5-16(15)19(23)26/h1-2,4-5,14H,3,6-13H2,(H,20,24). The van der Waals surface area contributed by atoms with Crippen LogP contribution < -0.4 is 5.32 Å². The smallest absolute Gasteiger partial charge is 0.261 e. The van der Waals surface area contributed by atoms with Gasteiger partial charge in [-0.05, 0) is 18.6 Å². The molecule has 4 aliphatic rings. The van der Waals surface area contributed by atoms with E-state index in [1.54, 1.807) is 24.3 Å². The summed E-state index contributed by atoms with van der Waals surface area (Å²) in [5.74, 6) is -0.531. The third-order valence-corrected chi connectivity index (χ3v) is 5.59. The molecular formula is C19H24N4O3. The summed E-state index contributed by atoms with van der Waals surface area (Å²) in [5.41, 5.74) is 0.914. The van der Waals surface area contributed by atoms with Crippen LogP contribution in [0.1, 0.15) is 33.6 Å². The number of benzene rings is 1. The molecule has 3 amide bonds. The molecule has 4 aliphatic heterocycles. The molecule has 3 saturated heterocycles.